The quantitative estimate of drug-likeness (QED) is 0.714. The van der Waals surface area contributed by atoms with Crippen molar-refractivity contribution >= 4 is 18.0 Å². The molecule has 7 heteroatoms. The number of rotatable bonds is 4. The van der Waals surface area contributed by atoms with Crippen LogP contribution in [0.25, 0.3) is 0 Å². The normalized spacial score (nSPS) is 16.3. The molecule has 1 aliphatic rings. The number of hydrogen-bond donors (Lipinski definition) is 0. The molecular formula is C23H29N3O4. The van der Waals surface area contributed by atoms with Crippen LogP contribution in [-0.2, 0) is 16.1 Å². The van der Waals surface area contributed by atoms with Crippen LogP contribution in [0.3, 0.4) is 0 Å². The second-order valence-electron chi connectivity index (χ2n) is 8.35. The number of carbonyl (C=O) groups is 2. The molecule has 0 bridgehead atoms. The number of likely N-dealkylation sites (tertiary alicyclic amines) is 1. The molecule has 1 aliphatic heterocycles. The van der Waals surface area contributed by atoms with Gasteiger partial charge in [-0.3, -0.25) is 4.90 Å². The van der Waals surface area contributed by atoms with Crippen LogP contribution in [0.4, 0.5) is 15.4 Å². The van der Waals surface area contributed by atoms with E-state index >= 15 is 0 Å². The number of nitrogens with zero attached hydrogens (tertiary/aromatic N) is 3. The van der Waals surface area contributed by atoms with Gasteiger partial charge in [0.15, 0.2) is 0 Å². The SMILES string of the molecule is CN(C(=O)OC(C)(C)C)c1ncccc1[C@@H]1CCCN1C(=O)OCc1ccccc1. The molecule has 3 rings (SSSR count). The molecule has 0 radical (unpaired) electrons. The third-order valence-corrected chi connectivity index (χ3v) is 4.85. The third-order valence-electron chi connectivity index (χ3n) is 4.85. The molecule has 0 N–H and O–H groups in total. The summed E-state index contributed by atoms with van der Waals surface area (Å²) in [6, 6.07) is 13.1. The largest absolute Gasteiger partial charge is 0.445 e. The maximum Gasteiger partial charge on any atom is 0.415 e. The molecule has 0 spiro atoms. The van der Waals surface area contributed by atoms with E-state index in [9.17, 15) is 9.59 Å². The number of pyridine rings is 1. The molecular weight excluding hydrogens is 382 g/mol. The highest BCUT2D eigenvalue weighted by atomic mass is 16.6. The Labute approximate surface area is 177 Å². The van der Waals surface area contributed by atoms with Gasteiger partial charge in [-0.25, -0.2) is 14.6 Å². The highest BCUT2D eigenvalue weighted by molar-refractivity contribution is 5.87. The topological polar surface area (TPSA) is 72.0 Å². The van der Waals surface area contributed by atoms with Crippen molar-refractivity contribution in [2.24, 2.45) is 0 Å². The summed E-state index contributed by atoms with van der Waals surface area (Å²) in [5.74, 6) is 0.486. The van der Waals surface area contributed by atoms with Gasteiger partial charge in [0.1, 0.15) is 18.0 Å². The second kappa shape index (κ2) is 9.15. The summed E-state index contributed by atoms with van der Waals surface area (Å²) in [5, 5.41) is 0. The predicted molar refractivity (Wildman–Crippen MR) is 114 cm³/mol. The van der Waals surface area contributed by atoms with Crippen LogP contribution in [0.2, 0.25) is 0 Å². The summed E-state index contributed by atoms with van der Waals surface area (Å²) in [6.45, 7) is 6.28. The summed E-state index contributed by atoms with van der Waals surface area (Å²) >= 11 is 0. The lowest BCUT2D eigenvalue weighted by Gasteiger charge is -2.29. The second-order valence-corrected chi connectivity index (χ2v) is 8.35. The maximum absolute atomic E-state index is 12.8. The molecule has 2 aromatic rings. The zero-order valence-corrected chi connectivity index (χ0v) is 18.0. The number of anilines is 1. The molecule has 160 valence electrons. The minimum Gasteiger partial charge on any atom is -0.445 e. The molecule has 0 saturated carbocycles. The third kappa shape index (κ3) is 5.28. The molecule has 2 heterocycles. The van der Waals surface area contributed by atoms with Gasteiger partial charge in [-0.2, -0.15) is 0 Å². The Morgan fingerprint density at radius 3 is 2.60 bits per heavy atom. The molecule has 1 aromatic heterocycles. The lowest BCUT2D eigenvalue weighted by molar-refractivity contribution is 0.0588. The molecule has 1 aromatic carbocycles. The zero-order chi connectivity index (χ0) is 21.7. The van der Waals surface area contributed by atoms with Crippen molar-refractivity contribution in [3.8, 4) is 0 Å². The smallest absolute Gasteiger partial charge is 0.415 e. The van der Waals surface area contributed by atoms with Gasteiger partial charge in [0, 0.05) is 25.4 Å². The van der Waals surface area contributed by atoms with E-state index in [2.05, 4.69) is 4.98 Å². The van der Waals surface area contributed by atoms with E-state index in [0.717, 1.165) is 24.0 Å². The first-order chi connectivity index (χ1) is 14.3. The lowest BCUT2D eigenvalue weighted by Crippen LogP contribution is -2.36. The highest BCUT2D eigenvalue weighted by Crippen LogP contribution is 2.36. The Morgan fingerprint density at radius 2 is 1.90 bits per heavy atom. The maximum atomic E-state index is 12.8. The number of carbonyl (C=O) groups excluding carboxylic acids is 2. The summed E-state index contributed by atoms with van der Waals surface area (Å²) in [7, 11) is 1.63. The number of aromatic nitrogens is 1. The van der Waals surface area contributed by atoms with Crippen LogP contribution in [0.1, 0.15) is 50.8 Å². The highest BCUT2D eigenvalue weighted by Gasteiger charge is 2.34. The molecule has 1 fully saturated rings. The van der Waals surface area contributed by atoms with Gasteiger partial charge < -0.3 is 14.4 Å². The minimum absolute atomic E-state index is 0.207. The molecule has 7 nitrogen and oxygen atoms in total. The van der Waals surface area contributed by atoms with E-state index in [1.54, 1.807) is 18.1 Å². The van der Waals surface area contributed by atoms with Crippen LogP contribution in [-0.4, -0.2) is 41.3 Å². The van der Waals surface area contributed by atoms with Crippen LogP contribution in [0, 0.1) is 0 Å². The van der Waals surface area contributed by atoms with Crippen LogP contribution in [0.5, 0.6) is 0 Å². The molecule has 30 heavy (non-hydrogen) atoms. The zero-order valence-electron chi connectivity index (χ0n) is 18.0. The van der Waals surface area contributed by atoms with Crippen molar-refractivity contribution < 1.29 is 19.1 Å². The monoisotopic (exact) mass is 411 g/mol. The van der Waals surface area contributed by atoms with Gasteiger partial charge in [-0.05, 0) is 45.2 Å². The number of benzene rings is 1. The summed E-state index contributed by atoms with van der Waals surface area (Å²) in [6.07, 6.45) is 2.42. The Balaban J connectivity index is 1.76. The Kier molecular flexibility index (Phi) is 6.59. The number of amides is 2. The van der Waals surface area contributed by atoms with Crippen molar-refractivity contribution in [2.45, 2.75) is 51.9 Å². The average Bonchev–Trinajstić information content (AvgIpc) is 3.21. The van der Waals surface area contributed by atoms with E-state index in [-0.39, 0.29) is 18.7 Å². The first kappa shape index (κ1) is 21.6. The van der Waals surface area contributed by atoms with Gasteiger partial charge >= 0.3 is 12.2 Å². The fourth-order valence-electron chi connectivity index (χ4n) is 3.48. The molecule has 1 atom stereocenters. The van der Waals surface area contributed by atoms with Crippen LogP contribution >= 0.6 is 0 Å². The molecule has 0 unspecified atom stereocenters. The van der Waals surface area contributed by atoms with Gasteiger partial charge in [-0.1, -0.05) is 36.4 Å². The van der Waals surface area contributed by atoms with Crippen LogP contribution in [0.15, 0.2) is 48.7 Å². The fourth-order valence-corrected chi connectivity index (χ4v) is 3.48. The van der Waals surface area contributed by atoms with Gasteiger partial charge in [0.25, 0.3) is 0 Å². The van der Waals surface area contributed by atoms with E-state index in [1.165, 1.54) is 4.90 Å². The standard InChI is InChI=1S/C23H29N3O4/c1-23(2,3)30-21(27)25(4)20-18(12-8-14-24-20)19-13-9-15-26(19)22(28)29-16-17-10-6-5-7-11-17/h5-8,10-12,14,19H,9,13,15-16H2,1-4H3/t19-/m0/s1. The van der Waals surface area contributed by atoms with Crippen molar-refractivity contribution in [3.05, 3.63) is 59.8 Å². The van der Waals surface area contributed by atoms with Crippen molar-refractivity contribution in [3.63, 3.8) is 0 Å². The summed E-state index contributed by atoms with van der Waals surface area (Å²) in [5.41, 5.74) is 1.13. The fraction of sp³-hybridized carbons (Fsp3) is 0.435. The first-order valence-corrected chi connectivity index (χ1v) is 10.2. The average molecular weight is 412 g/mol. The van der Waals surface area contributed by atoms with Crippen molar-refractivity contribution in [2.75, 3.05) is 18.5 Å². The minimum atomic E-state index is -0.610. The summed E-state index contributed by atoms with van der Waals surface area (Å²) in [4.78, 5) is 32.9. The van der Waals surface area contributed by atoms with E-state index in [1.807, 2.05) is 63.2 Å². The molecule has 2 amide bonds. The Bertz CT molecular complexity index is 880. The molecule has 0 aliphatic carbocycles. The van der Waals surface area contributed by atoms with E-state index in [0.29, 0.717) is 12.4 Å². The van der Waals surface area contributed by atoms with Gasteiger partial charge in [0.05, 0.1) is 6.04 Å². The van der Waals surface area contributed by atoms with E-state index < -0.39 is 11.7 Å². The van der Waals surface area contributed by atoms with Crippen LogP contribution < -0.4 is 4.90 Å². The Hall–Kier alpha value is -3.09. The van der Waals surface area contributed by atoms with Crippen molar-refractivity contribution in [1.82, 2.24) is 9.88 Å². The predicted octanol–water partition coefficient (Wildman–Crippen LogP) is 4.93. The summed E-state index contributed by atoms with van der Waals surface area (Å²) < 4.78 is 11.0. The van der Waals surface area contributed by atoms with Gasteiger partial charge in [0.2, 0.25) is 0 Å². The van der Waals surface area contributed by atoms with Gasteiger partial charge in [-0.15, -0.1) is 0 Å². The first-order valence-electron chi connectivity index (χ1n) is 10.2. The Morgan fingerprint density at radius 1 is 1.17 bits per heavy atom. The lowest BCUT2D eigenvalue weighted by atomic mass is 10.1. The molecule has 1 saturated heterocycles. The van der Waals surface area contributed by atoms with E-state index in [4.69, 9.17) is 9.47 Å². The van der Waals surface area contributed by atoms with Crippen molar-refractivity contribution in [1.29, 1.82) is 0 Å². The number of hydrogen-bond acceptors (Lipinski definition) is 5. The number of ether oxygens (including phenoxy) is 2.